The molecule has 1 aromatic heterocycles. The van der Waals surface area contributed by atoms with Crippen LogP contribution in [0.2, 0.25) is 0 Å². The van der Waals surface area contributed by atoms with Gasteiger partial charge in [0.15, 0.2) is 0 Å². The lowest BCUT2D eigenvalue weighted by molar-refractivity contribution is -0.114. The van der Waals surface area contributed by atoms with Crippen LogP contribution in [-0.2, 0) is 11.4 Å². The third-order valence-corrected chi connectivity index (χ3v) is 4.63. The average molecular weight is 363 g/mol. The molecule has 0 bridgehead atoms. The summed E-state index contributed by atoms with van der Waals surface area (Å²) in [6.45, 7) is 6.05. The van der Waals surface area contributed by atoms with Crippen LogP contribution in [0.25, 0.3) is 10.9 Å². The Morgan fingerprint density at radius 1 is 1.11 bits per heavy atom. The first-order valence-electron chi connectivity index (χ1n) is 8.97. The Balaban J connectivity index is 1.82. The lowest BCUT2D eigenvalue weighted by Crippen LogP contribution is -2.31. The minimum absolute atomic E-state index is 0.119. The molecule has 0 atom stereocenters. The molecule has 5 nitrogen and oxygen atoms in total. The number of carbonyl (C=O) groups excluding carboxylic acids is 1. The molecule has 0 radical (unpaired) electrons. The van der Waals surface area contributed by atoms with Gasteiger partial charge in [0, 0.05) is 23.7 Å². The summed E-state index contributed by atoms with van der Waals surface area (Å²) >= 11 is 0. The van der Waals surface area contributed by atoms with E-state index in [-0.39, 0.29) is 19.1 Å². The van der Waals surface area contributed by atoms with Gasteiger partial charge in [-0.1, -0.05) is 35.9 Å². The van der Waals surface area contributed by atoms with Crippen molar-refractivity contribution in [1.29, 1.82) is 0 Å². The van der Waals surface area contributed by atoms with Gasteiger partial charge in [-0.2, -0.15) is 0 Å². The molecule has 2 N–H and O–H groups in total. The maximum Gasteiger partial charge on any atom is 0.243 e. The van der Waals surface area contributed by atoms with E-state index in [1.165, 1.54) is 5.56 Å². The number of pyridine rings is 1. The summed E-state index contributed by atoms with van der Waals surface area (Å²) in [4.78, 5) is 19.0. The molecule has 2 aromatic carbocycles. The minimum Gasteiger partial charge on any atom is -0.392 e. The highest BCUT2D eigenvalue weighted by Gasteiger charge is 2.15. The van der Waals surface area contributed by atoms with Crippen molar-refractivity contribution in [2.75, 3.05) is 23.8 Å². The molecule has 140 valence electrons. The number of aryl methyl sites for hydroxylation is 3. The van der Waals surface area contributed by atoms with Crippen molar-refractivity contribution >= 4 is 28.3 Å². The summed E-state index contributed by atoms with van der Waals surface area (Å²) in [7, 11) is 1.81. The highest BCUT2D eigenvalue weighted by atomic mass is 16.3. The van der Waals surface area contributed by atoms with Gasteiger partial charge in [-0.15, -0.1) is 0 Å². The zero-order chi connectivity index (χ0) is 19.6. The van der Waals surface area contributed by atoms with Gasteiger partial charge in [0.2, 0.25) is 5.91 Å². The number of hydrogen-bond donors (Lipinski definition) is 2. The normalized spacial score (nSPS) is 10.9. The number of nitrogens with zero attached hydrogens (tertiary/aromatic N) is 2. The molecule has 0 saturated carbocycles. The largest absolute Gasteiger partial charge is 0.392 e. The number of para-hydroxylation sites is 1. The second-order valence-corrected chi connectivity index (χ2v) is 7.00. The van der Waals surface area contributed by atoms with Crippen molar-refractivity contribution in [3.05, 3.63) is 64.7 Å². The van der Waals surface area contributed by atoms with Crippen molar-refractivity contribution in [3.8, 4) is 0 Å². The van der Waals surface area contributed by atoms with Crippen LogP contribution in [0.3, 0.4) is 0 Å². The van der Waals surface area contributed by atoms with Gasteiger partial charge in [0.25, 0.3) is 0 Å². The van der Waals surface area contributed by atoms with E-state index in [1.54, 1.807) is 4.90 Å². The maximum atomic E-state index is 12.6. The summed E-state index contributed by atoms with van der Waals surface area (Å²) in [6, 6.07) is 13.8. The van der Waals surface area contributed by atoms with Gasteiger partial charge in [-0.3, -0.25) is 4.79 Å². The van der Waals surface area contributed by atoms with Crippen LogP contribution in [0.5, 0.6) is 0 Å². The average Bonchev–Trinajstić information content (AvgIpc) is 2.63. The van der Waals surface area contributed by atoms with Crippen LogP contribution >= 0.6 is 0 Å². The van der Waals surface area contributed by atoms with Crippen LogP contribution in [0.4, 0.5) is 11.5 Å². The number of carbonyl (C=O) groups is 1. The van der Waals surface area contributed by atoms with Crippen LogP contribution in [-0.4, -0.2) is 29.6 Å². The maximum absolute atomic E-state index is 12.6. The summed E-state index contributed by atoms with van der Waals surface area (Å²) in [5.41, 5.74) is 5.65. The van der Waals surface area contributed by atoms with E-state index in [1.807, 2.05) is 58.2 Å². The Hall–Kier alpha value is -2.92. The smallest absolute Gasteiger partial charge is 0.243 e. The summed E-state index contributed by atoms with van der Waals surface area (Å²) in [5.74, 6) is 0.495. The zero-order valence-corrected chi connectivity index (χ0v) is 16.2. The first-order chi connectivity index (χ1) is 12.9. The predicted molar refractivity (Wildman–Crippen MR) is 110 cm³/mol. The van der Waals surface area contributed by atoms with Gasteiger partial charge in [0.05, 0.1) is 18.7 Å². The SMILES string of the molecule is Cc1cc(C)c(NC(=O)CN(C)c2nc3ccccc3cc2CO)c(C)c1. The Labute approximate surface area is 159 Å². The van der Waals surface area contributed by atoms with Gasteiger partial charge < -0.3 is 15.3 Å². The zero-order valence-electron chi connectivity index (χ0n) is 16.2. The molecular formula is C22H25N3O2. The lowest BCUT2D eigenvalue weighted by Gasteiger charge is -2.21. The Morgan fingerprint density at radius 3 is 2.44 bits per heavy atom. The van der Waals surface area contributed by atoms with Gasteiger partial charge in [-0.25, -0.2) is 4.98 Å². The first kappa shape index (κ1) is 18.9. The molecule has 0 aliphatic carbocycles. The number of aromatic nitrogens is 1. The van der Waals surface area contributed by atoms with Crippen molar-refractivity contribution in [3.63, 3.8) is 0 Å². The number of fused-ring (bicyclic) bond motifs is 1. The highest BCUT2D eigenvalue weighted by Crippen LogP contribution is 2.24. The van der Waals surface area contributed by atoms with Crippen molar-refractivity contribution in [2.24, 2.45) is 0 Å². The topological polar surface area (TPSA) is 65.5 Å². The van der Waals surface area contributed by atoms with Crippen molar-refractivity contribution in [1.82, 2.24) is 4.98 Å². The molecule has 1 amide bonds. The van der Waals surface area contributed by atoms with Crippen LogP contribution in [0.15, 0.2) is 42.5 Å². The standard InChI is InChI=1S/C22H25N3O2/c1-14-9-15(2)21(16(3)10-14)24-20(27)12-25(4)22-18(13-26)11-17-7-5-6-8-19(17)23-22/h5-11,26H,12-13H2,1-4H3,(H,24,27). The number of aliphatic hydroxyl groups is 1. The molecule has 3 aromatic rings. The van der Waals surface area contributed by atoms with Crippen LogP contribution in [0, 0.1) is 20.8 Å². The molecule has 0 spiro atoms. The molecule has 0 fully saturated rings. The number of amides is 1. The van der Waals surface area contributed by atoms with E-state index >= 15 is 0 Å². The fourth-order valence-electron chi connectivity index (χ4n) is 3.44. The quantitative estimate of drug-likeness (QED) is 0.725. The van der Waals surface area contributed by atoms with Crippen LogP contribution in [0.1, 0.15) is 22.3 Å². The fraction of sp³-hybridized carbons (Fsp3) is 0.273. The summed E-state index contributed by atoms with van der Waals surface area (Å²) in [5, 5.41) is 13.7. The number of benzene rings is 2. The molecule has 0 unspecified atom stereocenters. The molecule has 3 rings (SSSR count). The first-order valence-corrected chi connectivity index (χ1v) is 8.97. The third-order valence-electron chi connectivity index (χ3n) is 4.63. The third kappa shape index (κ3) is 4.09. The number of likely N-dealkylation sites (N-methyl/N-ethyl adjacent to an activating group) is 1. The highest BCUT2D eigenvalue weighted by molar-refractivity contribution is 5.95. The van der Waals surface area contributed by atoms with Gasteiger partial charge in [-0.05, 0) is 44.0 Å². The van der Waals surface area contributed by atoms with Crippen molar-refractivity contribution < 1.29 is 9.90 Å². The van der Waals surface area contributed by atoms with E-state index < -0.39 is 0 Å². The van der Waals surface area contributed by atoms with E-state index in [4.69, 9.17) is 0 Å². The monoisotopic (exact) mass is 363 g/mol. The summed E-state index contributed by atoms with van der Waals surface area (Å²) in [6.07, 6.45) is 0. The van der Waals surface area contributed by atoms with E-state index in [2.05, 4.69) is 22.4 Å². The molecule has 0 aliphatic heterocycles. The number of anilines is 2. The molecule has 5 heteroatoms. The minimum atomic E-state index is -0.130. The fourth-order valence-corrected chi connectivity index (χ4v) is 3.44. The Bertz CT molecular complexity index is 975. The van der Waals surface area contributed by atoms with Gasteiger partial charge in [0.1, 0.15) is 5.82 Å². The second-order valence-electron chi connectivity index (χ2n) is 7.00. The molecule has 27 heavy (non-hydrogen) atoms. The number of aliphatic hydroxyl groups excluding tert-OH is 1. The second kappa shape index (κ2) is 7.76. The Morgan fingerprint density at radius 2 is 1.78 bits per heavy atom. The lowest BCUT2D eigenvalue weighted by atomic mass is 10.1. The number of nitrogens with one attached hydrogen (secondary N) is 1. The number of rotatable bonds is 5. The van der Waals surface area contributed by atoms with E-state index in [0.717, 1.165) is 27.7 Å². The van der Waals surface area contributed by atoms with Crippen molar-refractivity contribution in [2.45, 2.75) is 27.4 Å². The summed E-state index contributed by atoms with van der Waals surface area (Å²) < 4.78 is 0. The van der Waals surface area contributed by atoms with Gasteiger partial charge >= 0.3 is 0 Å². The van der Waals surface area contributed by atoms with Crippen LogP contribution < -0.4 is 10.2 Å². The van der Waals surface area contributed by atoms with E-state index in [9.17, 15) is 9.90 Å². The van der Waals surface area contributed by atoms with E-state index in [0.29, 0.717) is 11.4 Å². The molecule has 0 aliphatic rings. The molecule has 0 saturated heterocycles. The molecule has 1 heterocycles. The molecular weight excluding hydrogens is 338 g/mol. The number of hydrogen-bond acceptors (Lipinski definition) is 4. The Kier molecular flexibility index (Phi) is 5.42. The predicted octanol–water partition coefficient (Wildman–Crippen LogP) is 3.73.